The van der Waals surface area contributed by atoms with Gasteiger partial charge in [0.15, 0.2) is 0 Å². The molecule has 0 amide bonds. The minimum Gasteiger partial charge on any atom is -0.456 e. The van der Waals surface area contributed by atoms with Gasteiger partial charge in [0, 0.05) is 39.0 Å². The molecule has 0 radical (unpaired) electrons. The van der Waals surface area contributed by atoms with Crippen molar-refractivity contribution in [3.05, 3.63) is 199 Å². The highest BCUT2D eigenvalue weighted by molar-refractivity contribution is 6.37. The van der Waals surface area contributed by atoms with Crippen molar-refractivity contribution in [2.45, 2.75) is 13.8 Å². The molecule has 0 aliphatic heterocycles. The second-order valence-electron chi connectivity index (χ2n) is 14.9. The van der Waals surface area contributed by atoms with Crippen LogP contribution in [-0.2, 0) is 0 Å². The van der Waals surface area contributed by atoms with Crippen LogP contribution in [0.15, 0.2) is 192 Å². The molecule has 0 aliphatic rings. The summed E-state index contributed by atoms with van der Waals surface area (Å²) >= 11 is 0. The summed E-state index contributed by atoms with van der Waals surface area (Å²) in [6.07, 6.45) is 0. The van der Waals surface area contributed by atoms with Crippen molar-refractivity contribution in [1.29, 1.82) is 0 Å². The van der Waals surface area contributed by atoms with E-state index in [1.165, 1.54) is 81.9 Å². The molecule has 10 aromatic carbocycles. The van der Waals surface area contributed by atoms with Crippen LogP contribution in [0.5, 0.6) is 0 Å². The van der Waals surface area contributed by atoms with E-state index in [0.717, 1.165) is 33.6 Å². The molecule has 11 aromatic rings. The molecule has 0 spiro atoms. The van der Waals surface area contributed by atoms with Crippen LogP contribution in [0, 0.1) is 13.8 Å². The number of aryl methyl sites for hydroxylation is 2. The van der Waals surface area contributed by atoms with Gasteiger partial charge in [-0.1, -0.05) is 146 Å². The topological polar surface area (TPSA) is 16.4 Å². The maximum absolute atomic E-state index is 6.98. The average molecular weight is 716 g/mol. The number of hydrogen-bond acceptors (Lipinski definition) is 2. The van der Waals surface area contributed by atoms with Crippen molar-refractivity contribution >= 4 is 82.1 Å². The molecule has 2 heteroatoms. The fourth-order valence-corrected chi connectivity index (χ4v) is 9.11. The van der Waals surface area contributed by atoms with Crippen LogP contribution in [0.1, 0.15) is 11.1 Å². The second-order valence-corrected chi connectivity index (χ2v) is 14.9. The van der Waals surface area contributed by atoms with Crippen LogP contribution >= 0.6 is 0 Å². The van der Waals surface area contributed by atoms with E-state index in [-0.39, 0.29) is 0 Å². The number of hydrogen-bond donors (Lipinski definition) is 0. The Morgan fingerprint density at radius 2 is 0.750 bits per heavy atom. The lowest BCUT2D eigenvalue weighted by atomic mass is 9.91. The lowest BCUT2D eigenvalue weighted by molar-refractivity contribution is 0.669. The van der Waals surface area contributed by atoms with E-state index in [1.54, 1.807) is 0 Å². The molecule has 0 atom stereocenters. The Kier molecular flexibility index (Phi) is 7.33. The predicted octanol–water partition coefficient (Wildman–Crippen LogP) is 15.6. The Morgan fingerprint density at radius 1 is 0.304 bits per heavy atom. The van der Waals surface area contributed by atoms with Gasteiger partial charge in [-0.2, -0.15) is 0 Å². The summed E-state index contributed by atoms with van der Waals surface area (Å²) in [6, 6.07) is 68.1. The van der Waals surface area contributed by atoms with Crippen molar-refractivity contribution in [2.24, 2.45) is 0 Å². The number of furan rings is 1. The molecule has 0 fully saturated rings. The third-order valence-electron chi connectivity index (χ3n) is 11.7. The highest BCUT2D eigenvalue weighted by Crippen LogP contribution is 2.49. The minimum absolute atomic E-state index is 0.876. The van der Waals surface area contributed by atoms with Crippen molar-refractivity contribution < 1.29 is 4.42 Å². The normalized spacial score (nSPS) is 11.8. The smallest absolute Gasteiger partial charge is 0.138 e. The minimum atomic E-state index is 0.876. The average Bonchev–Trinajstić information content (AvgIpc) is 3.64. The fraction of sp³-hybridized carbons (Fsp3) is 0.0370. The monoisotopic (exact) mass is 715 g/mol. The number of benzene rings is 10. The lowest BCUT2D eigenvalue weighted by Gasteiger charge is -2.30. The Balaban J connectivity index is 1.22. The molecule has 1 aromatic heterocycles. The van der Waals surface area contributed by atoms with Gasteiger partial charge in [-0.25, -0.2) is 0 Å². The summed E-state index contributed by atoms with van der Waals surface area (Å²) in [4.78, 5) is 2.45. The van der Waals surface area contributed by atoms with Crippen LogP contribution in [0.3, 0.4) is 0 Å². The first-order valence-corrected chi connectivity index (χ1v) is 19.3. The molecule has 0 bridgehead atoms. The van der Waals surface area contributed by atoms with Crippen LogP contribution in [0.25, 0.3) is 87.3 Å². The summed E-state index contributed by atoms with van der Waals surface area (Å²) in [5, 5.41) is 12.2. The van der Waals surface area contributed by atoms with Gasteiger partial charge in [0.25, 0.3) is 0 Å². The molecule has 1 heterocycles. The molecule has 0 N–H and O–H groups in total. The van der Waals surface area contributed by atoms with E-state index in [4.69, 9.17) is 4.42 Å². The molecule has 11 rings (SSSR count). The summed E-state index contributed by atoms with van der Waals surface area (Å²) in [5.41, 5.74) is 12.3. The molecule has 0 unspecified atom stereocenters. The highest BCUT2D eigenvalue weighted by atomic mass is 16.3. The van der Waals surface area contributed by atoms with Gasteiger partial charge >= 0.3 is 0 Å². The quantitative estimate of drug-likeness (QED) is 0.165. The molecular formula is C54H37NO. The maximum Gasteiger partial charge on any atom is 0.138 e. The predicted molar refractivity (Wildman–Crippen MR) is 239 cm³/mol. The fourth-order valence-electron chi connectivity index (χ4n) is 9.11. The van der Waals surface area contributed by atoms with Gasteiger partial charge in [-0.05, 0) is 116 Å². The molecule has 2 nitrogen and oxygen atoms in total. The Morgan fingerprint density at radius 3 is 1.29 bits per heavy atom. The Bertz CT molecular complexity index is 3200. The van der Waals surface area contributed by atoms with Crippen molar-refractivity contribution in [2.75, 3.05) is 4.90 Å². The van der Waals surface area contributed by atoms with Gasteiger partial charge in [0.05, 0.1) is 5.69 Å². The van der Waals surface area contributed by atoms with Crippen LogP contribution < -0.4 is 4.90 Å². The van der Waals surface area contributed by atoms with Crippen molar-refractivity contribution in [3.63, 3.8) is 0 Å². The lowest BCUT2D eigenvalue weighted by Crippen LogP contribution is -2.13. The van der Waals surface area contributed by atoms with E-state index in [0.29, 0.717) is 0 Å². The van der Waals surface area contributed by atoms with E-state index >= 15 is 0 Å². The van der Waals surface area contributed by atoms with Crippen LogP contribution in [0.2, 0.25) is 0 Å². The largest absolute Gasteiger partial charge is 0.456 e. The SMILES string of the molecule is Cc1cc(-c2ccccc2)ccc1N(c1ccc(-c2ccccc2)cc1C)c1cc2oc3ccc4c5ccccc5c5ccccc5c4c3c2c2ccccc12. The van der Waals surface area contributed by atoms with Crippen LogP contribution in [-0.4, -0.2) is 0 Å². The number of nitrogens with zero attached hydrogens (tertiary/aromatic N) is 1. The molecule has 0 saturated heterocycles. The van der Waals surface area contributed by atoms with E-state index < -0.39 is 0 Å². The van der Waals surface area contributed by atoms with Crippen molar-refractivity contribution in [1.82, 2.24) is 0 Å². The number of anilines is 3. The molecule has 56 heavy (non-hydrogen) atoms. The number of rotatable bonds is 5. The van der Waals surface area contributed by atoms with Gasteiger partial charge in [-0.15, -0.1) is 0 Å². The van der Waals surface area contributed by atoms with E-state index in [1.807, 2.05) is 0 Å². The summed E-state index contributed by atoms with van der Waals surface area (Å²) in [7, 11) is 0. The Hall–Kier alpha value is -7.16. The first-order chi connectivity index (χ1) is 27.6. The second kappa shape index (κ2) is 12.7. The Labute approximate surface area is 325 Å². The van der Waals surface area contributed by atoms with Gasteiger partial charge in [0.2, 0.25) is 0 Å². The van der Waals surface area contributed by atoms with Gasteiger partial charge in [0.1, 0.15) is 11.2 Å². The first kappa shape index (κ1) is 32.3. The van der Waals surface area contributed by atoms with Crippen molar-refractivity contribution in [3.8, 4) is 22.3 Å². The van der Waals surface area contributed by atoms with Gasteiger partial charge in [-0.3, -0.25) is 0 Å². The molecular weight excluding hydrogens is 679 g/mol. The number of fused-ring (bicyclic) bond motifs is 12. The molecule has 264 valence electrons. The van der Waals surface area contributed by atoms with E-state index in [2.05, 4.69) is 207 Å². The highest BCUT2D eigenvalue weighted by Gasteiger charge is 2.24. The summed E-state index contributed by atoms with van der Waals surface area (Å²) < 4.78 is 6.98. The third kappa shape index (κ3) is 4.96. The zero-order chi connectivity index (χ0) is 37.3. The summed E-state index contributed by atoms with van der Waals surface area (Å²) in [5.74, 6) is 0. The molecule has 0 saturated carbocycles. The zero-order valence-corrected chi connectivity index (χ0v) is 31.3. The van der Waals surface area contributed by atoms with Crippen LogP contribution in [0.4, 0.5) is 17.1 Å². The van der Waals surface area contributed by atoms with E-state index in [9.17, 15) is 0 Å². The first-order valence-electron chi connectivity index (χ1n) is 19.3. The third-order valence-corrected chi connectivity index (χ3v) is 11.7. The maximum atomic E-state index is 6.98. The zero-order valence-electron chi connectivity index (χ0n) is 31.3. The molecule has 0 aliphatic carbocycles. The van der Waals surface area contributed by atoms with Gasteiger partial charge < -0.3 is 9.32 Å². The standard InChI is InChI=1S/C54H37NO/c1-34-31-38(36-15-5-3-6-16-36)25-28-47(34)55(48-29-26-39(32-35(48)2)37-17-7-4-8-18-37)49-33-51-53(45-24-14-12-22-43(45)49)54-50(56-51)30-27-46-42-21-10-9-19-40(42)41-20-11-13-23-44(41)52(46)54/h3-33H,1-2H3. The summed E-state index contributed by atoms with van der Waals surface area (Å²) in [6.45, 7) is 4.46.